The van der Waals surface area contributed by atoms with Gasteiger partial charge in [-0.1, -0.05) is 165 Å². The second-order valence-corrected chi connectivity index (χ2v) is 44.3. The van der Waals surface area contributed by atoms with E-state index >= 15 is 0 Å². The van der Waals surface area contributed by atoms with Crippen molar-refractivity contribution in [2.45, 2.75) is 351 Å². The number of likely N-dealkylation sites (tertiary alicyclic amines) is 3. The number of fused-ring (bicyclic) bond motifs is 3. The third kappa shape index (κ3) is 39.5. The van der Waals surface area contributed by atoms with Gasteiger partial charge in [-0.15, -0.1) is 0 Å². The van der Waals surface area contributed by atoms with Crippen molar-refractivity contribution in [1.82, 2.24) is 62.9 Å². The maximum atomic E-state index is 11.9. The van der Waals surface area contributed by atoms with Crippen LogP contribution in [-0.2, 0) is 56.0 Å². The summed E-state index contributed by atoms with van der Waals surface area (Å²) in [6.07, 6.45) is 19.9. The van der Waals surface area contributed by atoms with Crippen molar-refractivity contribution in [3.05, 3.63) is 139 Å². The molecule has 21 nitrogen and oxygen atoms in total. The first kappa shape index (κ1) is 113. The summed E-state index contributed by atoms with van der Waals surface area (Å²) in [5, 5.41) is 14.4. The highest BCUT2D eigenvalue weighted by Crippen LogP contribution is 2.28. The van der Waals surface area contributed by atoms with Gasteiger partial charge in [-0.05, 0) is 247 Å². The summed E-state index contributed by atoms with van der Waals surface area (Å²) in [5.74, 6) is 0.802. The van der Waals surface area contributed by atoms with Gasteiger partial charge in [0.15, 0.2) is 0 Å². The maximum absolute atomic E-state index is 11.9. The number of piperidine rings is 2. The lowest BCUT2D eigenvalue weighted by molar-refractivity contribution is -0.143. The van der Waals surface area contributed by atoms with Crippen LogP contribution in [0.25, 0.3) is 32.8 Å². The van der Waals surface area contributed by atoms with Crippen LogP contribution < -0.4 is 10.9 Å². The predicted octanol–water partition coefficient (Wildman–Crippen LogP) is 22.0. The van der Waals surface area contributed by atoms with Crippen LogP contribution in [-0.4, -0.2) is 191 Å². The second kappa shape index (κ2) is 50.2. The van der Waals surface area contributed by atoms with Crippen LogP contribution in [0.15, 0.2) is 133 Å². The lowest BCUT2D eigenvalue weighted by Gasteiger charge is -2.42. The molecule has 6 aliphatic rings. The molecule has 3 amide bonds. The van der Waals surface area contributed by atoms with E-state index in [9.17, 15) is 27.6 Å². The summed E-state index contributed by atoms with van der Waals surface area (Å²) < 4.78 is 43.8. The van der Waals surface area contributed by atoms with Gasteiger partial charge in [0, 0.05) is 127 Å². The zero-order valence-electron chi connectivity index (χ0n) is 82.6. The molecule has 22 heteroatoms. The number of nitrogens with zero attached hydrogens (tertiary/aromatic N) is 12. The molecule has 1 N–H and O–H groups in total. The number of para-hydroxylation sites is 3. The molecule has 4 aromatic heterocycles. The van der Waals surface area contributed by atoms with E-state index in [4.69, 9.17) is 9.47 Å². The highest BCUT2D eigenvalue weighted by atomic mass is 32.2. The fourth-order valence-electron chi connectivity index (χ4n) is 12.8. The number of sulfonamides is 1. The summed E-state index contributed by atoms with van der Waals surface area (Å²) in [6, 6.07) is 29.9. The quantitative estimate of drug-likeness (QED) is 0.175. The predicted molar refractivity (Wildman–Crippen MR) is 518 cm³/mol. The largest absolute Gasteiger partial charge is 0.386 e. The van der Waals surface area contributed by atoms with Crippen LogP contribution in [0.3, 0.4) is 0 Å². The summed E-state index contributed by atoms with van der Waals surface area (Å²) in [6.45, 7) is 85.2. The lowest BCUT2D eigenvalue weighted by Crippen LogP contribution is -2.49. The van der Waals surface area contributed by atoms with E-state index < -0.39 is 14.8 Å². The van der Waals surface area contributed by atoms with Gasteiger partial charge in [-0.25, -0.2) is 17.7 Å². The van der Waals surface area contributed by atoms with Crippen LogP contribution in [0.2, 0.25) is 0 Å². The highest BCUT2D eigenvalue weighted by molar-refractivity contribution is 7.90. The number of benzene rings is 3. The van der Waals surface area contributed by atoms with Crippen LogP contribution in [0.5, 0.6) is 0 Å². The van der Waals surface area contributed by atoms with Crippen molar-refractivity contribution in [3.8, 4) is 0 Å². The fraction of sp³-hybridized carbons (Fsp3) is 0.690. The average molecular weight is 1720 g/mol. The molecule has 6 aliphatic heterocycles. The summed E-state index contributed by atoms with van der Waals surface area (Å²) in [4.78, 5) is 58.8. The zero-order chi connectivity index (χ0) is 92.6. The number of pyridine rings is 1. The van der Waals surface area contributed by atoms with Crippen LogP contribution >= 0.6 is 0 Å². The van der Waals surface area contributed by atoms with Crippen molar-refractivity contribution in [1.29, 1.82) is 0 Å². The Bertz CT molecular complexity index is 4190. The number of piperazine rings is 1. The van der Waals surface area contributed by atoms with E-state index in [1.165, 1.54) is 73.4 Å². The SMILES string of the molecule is C.C=C1CN(C(=O)C(C)(C)C)CCN1.CC.CC.CC(C)(C)C(=O)N1CCC1.CC(C)(C)C(=O)N1CCCCC1.CC(C)(C)N1CCC1.CC(C)(C)OCC1CCCO1.CC(C)(C)S(=O)(=O)N1CCCCC1.CC(C)(C)n1cc2ccccc2n1.CC(C)(C)n1ccccc1=O.CC(C)(C)n1cnc2ccccc21.CC(C)(C)n1ncc2ccccc21. The molecule has 0 bridgehead atoms. The van der Waals surface area contributed by atoms with Gasteiger partial charge in [0.1, 0.15) is 0 Å². The number of hydrogen-bond acceptors (Lipinski definition) is 13. The average Bonchev–Trinajstić information content (AvgIpc) is 1.72. The number of rotatable bonds is 3. The number of amides is 3. The minimum absolute atomic E-state index is 0. The van der Waals surface area contributed by atoms with Crippen molar-refractivity contribution in [2.75, 3.05) is 85.2 Å². The van der Waals surface area contributed by atoms with Crippen molar-refractivity contribution in [3.63, 3.8) is 0 Å². The van der Waals surface area contributed by atoms with Gasteiger partial charge in [0.05, 0.1) is 75.3 Å². The molecule has 7 aromatic rings. The molecule has 0 aliphatic carbocycles. The summed E-state index contributed by atoms with van der Waals surface area (Å²) >= 11 is 0. The van der Waals surface area contributed by atoms with E-state index in [2.05, 4.69) is 176 Å². The van der Waals surface area contributed by atoms with Gasteiger partial charge in [0.2, 0.25) is 27.7 Å². The Labute approximate surface area is 742 Å². The van der Waals surface area contributed by atoms with Gasteiger partial charge in [-0.3, -0.25) is 33.4 Å². The van der Waals surface area contributed by atoms with Gasteiger partial charge in [0.25, 0.3) is 5.56 Å². The second-order valence-electron chi connectivity index (χ2n) is 41.6. The monoisotopic (exact) mass is 1720 g/mol. The molecule has 122 heavy (non-hydrogen) atoms. The molecule has 1 atom stereocenters. The fourth-order valence-corrected chi connectivity index (χ4v) is 14.3. The number of carbonyl (C=O) groups excluding carboxylic acids is 3. The van der Waals surface area contributed by atoms with Gasteiger partial charge in [-0.2, -0.15) is 10.2 Å². The topological polar surface area (TPSA) is 208 Å². The van der Waals surface area contributed by atoms with Crippen LogP contribution in [0.4, 0.5) is 0 Å². The highest BCUT2D eigenvalue weighted by Gasteiger charge is 2.36. The Balaban J connectivity index is 0.000000675. The van der Waals surface area contributed by atoms with E-state index in [-0.39, 0.29) is 62.9 Å². The van der Waals surface area contributed by atoms with E-state index in [0.29, 0.717) is 43.1 Å². The maximum Gasteiger partial charge on any atom is 0.250 e. The summed E-state index contributed by atoms with van der Waals surface area (Å²) in [5.41, 5.74) is 5.40. The number of nitrogens with one attached hydrogen (secondary N) is 1. The Morgan fingerprint density at radius 2 is 0.943 bits per heavy atom. The van der Waals surface area contributed by atoms with E-state index in [1.807, 2.05) is 203 Å². The minimum Gasteiger partial charge on any atom is -0.386 e. The van der Waals surface area contributed by atoms with Crippen LogP contribution in [0, 0.1) is 16.2 Å². The molecule has 6 saturated heterocycles. The van der Waals surface area contributed by atoms with Gasteiger partial charge >= 0.3 is 0 Å². The van der Waals surface area contributed by atoms with Gasteiger partial charge < -0.3 is 38.6 Å². The minimum atomic E-state index is -3.07. The lowest BCUT2D eigenvalue weighted by atomic mass is 9.93. The number of imidazole rings is 1. The number of carbonyl (C=O) groups is 3. The Hall–Kier alpha value is -7.24. The smallest absolute Gasteiger partial charge is 0.250 e. The normalized spacial score (nSPS) is 16.6. The number of ether oxygens (including phenoxy) is 2. The standard InChI is InChI=1S/3C11H14N2.C10H18N2O.C10H19NO.C9H19NO2S.C9H13NO.C9H18O2.C8H15NO.C7H15N.2C2H6.CH4/c1-11(2,3)13-8-12-9-6-4-5-7-10(9)13;1-11(2,3)13-8-9-6-4-5-7-10(9)12-13;1-11(2,3)13-10-7-5-4-6-9(10)8-12-13;1-8-7-12(6-5-11-8)9(13)10(2,3)4;1-10(2,3)9(12)11-7-5-4-6-8-11;1-9(2,3)13(11,12)10-7-5-4-6-8-10;1-9(2,3)10-7-5-4-6-8(10)11;1-9(2,3)11-7-8-5-4-6-10-8;1-8(2,3)7(10)9-5-4-6-9;1-7(2,3)8-5-4-6-8;2*1-2;/h3*4-8H,1-3H3;11H,1,5-7H2,2-4H3;4-8H2,1-3H3;4-8H2,1-3H3;4-7H,1-3H3;8H,4-7H2,1-3H3;4-6H2,1-3H3;4-6H2,1-3H3;2*1-2H3;1H4. The molecule has 0 spiro atoms. The molecule has 1 unspecified atom stereocenters. The number of hydrogen-bond donors (Lipinski definition) is 1. The summed E-state index contributed by atoms with van der Waals surface area (Å²) in [7, 11) is -3.07. The first-order valence-electron chi connectivity index (χ1n) is 45.0. The number of aromatic nitrogens is 7. The molecule has 3 aromatic carbocycles. The molecule has 13 rings (SSSR count). The van der Waals surface area contributed by atoms with Crippen molar-refractivity contribution >= 4 is 60.6 Å². The Morgan fingerprint density at radius 3 is 1.33 bits per heavy atom. The molecular formula is C100H175N13O8S. The Morgan fingerprint density at radius 1 is 0.492 bits per heavy atom. The van der Waals surface area contributed by atoms with Crippen LogP contribution in [0.1, 0.15) is 307 Å². The van der Waals surface area contributed by atoms with Crippen molar-refractivity contribution in [2.24, 2.45) is 16.2 Å². The van der Waals surface area contributed by atoms with E-state index in [0.717, 1.165) is 94.9 Å². The molecule has 694 valence electrons. The Kier molecular flexibility index (Phi) is 46.4. The zero-order valence-corrected chi connectivity index (χ0v) is 83.4. The molecule has 6 fully saturated rings. The molecule has 0 saturated carbocycles. The molecule has 10 heterocycles. The third-order valence-corrected chi connectivity index (χ3v) is 22.6. The first-order chi connectivity index (χ1) is 55.7. The first-order valence-corrected chi connectivity index (χ1v) is 46.5. The third-order valence-electron chi connectivity index (χ3n) is 20.0. The molecular weight excluding hydrogens is 1540 g/mol. The van der Waals surface area contributed by atoms with E-state index in [1.54, 1.807) is 41.8 Å². The van der Waals surface area contributed by atoms with Crippen molar-refractivity contribution < 1.29 is 32.3 Å². The molecule has 0 radical (unpaired) electrons.